The van der Waals surface area contributed by atoms with Gasteiger partial charge < -0.3 is 0 Å². The first-order valence-corrected chi connectivity index (χ1v) is 17.5. The Hall–Kier alpha value is -7.04. The Kier molecular flexibility index (Phi) is 7.10. The van der Waals surface area contributed by atoms with Gasteiger partial charge in [-0.1, -0.05) is 146 Å². The number of nitrogens with zero attached hydrogens (tertiary/aromatic N) is 4. The lowest BCUT2D eigenvalue weighted by molar-refractivity contribution is 1.08. The van der Waals surface area contributed by atoms with Crippen LogP contribution in [0.4, 0.5) is 0 Å². The summed E-state index contributed by atoms with van der Waals surface area (Å²) in [6.45, 7) is 0. The van der Waals surface area contributed by atoms with E-state index in [2.05, 4.69) is 146 Å². The summed E-state index contributed by atoms with van der Waals surface area (Å²) in [7, 11) is 0. The van der Waals surface area contributed by atoms with Gasteiger partial charge in [0.05, 0.1) is 5.52 Å². The van der Waals surface area contributed by atoms with E-state index in [0.29, 0.717) is 17.5 Å². The third-order valence-corrected chi connectivity index (χ3v) is 9.93. The van der Waals surface area contributed by atoms with Crippen molar-refractivity contribution in [2.24, 2.45) is 0 Å². The van der Waals surface area contributed by atoms with E-state index >= 15 is 0 Å². The lowest BCUT2D eigenvalue weighted by Crippen LogP contribution is -2.02. The average Bonchev–Trinajstić information content (AvgIpc) is 3.23. The van der Waals surface area contributed by atoms with Crippen LogP contribution in [0.1, 0.15) is 0 Å². The summed E-state index contributed by atoms with van der Waals surface area (Å²) in [4.78, 5) is 20.5. The van der Waals surface area contributed by atoms with E-state index in [-0.39, 0.29) is 0 Å². The number of pyridine rings is 1. The molecule has 4 nitrogen and oxygen atoms in total. The van der Waals surface area contributed by atoms with Crippen LogP contribution in [-0.2, 0) is 0 Å². The fourth-order valence-electron chi connectivity index (χ4n) is 7.40. The molecule has 8 aromatic carbocycles. The SMILES string of the molecule is c1ccc(-c2nc(-c3ccc(-c4ccc5ccccc5c4)cc3-c3ccccc3)nc(-c3cc4cnc5ccccc5c4c4ccccc34)n2)cc1. The number of aromatic nitrogens is 4. The van der Waals surface area contributed by atoms with Gasteiger partial charge in [0.1, 0.15) is 0 Å². The zero-order valence-electron chi connectivity index (χ0n) is 28.1. The molecule has 0 saturated heterocycles. The predicted octanol–water partition coefficient (Wildman–Crippen LogP) is 12.2. The molecule has 0 fully saturated rings. The molecule has 52 heavy (non-hydrogen) atoms. The summed E-state index contributed by atoms with van der Waals surface area (Å²) in [5.41, 5.74) is 8.23. The van der Waals surface area contributed by atoms with Crippen molar-refractivity contribution in [1.82, 2.24) is 19.9 Å². The number of fused-ring (bicyclic) bond motifs is 6. The molecule has 0 unspecified atom stereocenters. The van der Waals surface area contributed by atoms with Crippen LogP contribution in [0.2, 0.25) is 0 Å². The van der Waals surface area contributed by atoms with Crippen LogP contribution < -0.4 is 0 Å². The van der Waals surface area contributed by atoms with E-state index in [4.69, 9.17) is 19.9 Å². The average molecular weight is 663 g/mol. The molecular weight excluding hydrogens is 633 g/mol. The second-order valence-electron chi connectivity index (χ2n) is 13.1. The van der Waals surface area contributed by atoms with Crippen LogP contribution in [-0.4, -0.2) is 19.9 Å². The van der Waals surface area contributed by atoms with Crippen LogP contribution >= 0.6 is 0 Å². The molecule has 242 valence electrons. The molecule has 4 heteroatoms. The van der Waals surface area contributed by atoms with Crippen LogP contribution in [0.5, 0.6) is 0 Å². The second kappa shape index (κ2) is 12.4. The Morgan fingerprint density at radius 1 is 0.308 bits per heavy atom. The largest absolute Gasteiger partial charge is 0.256 e. The first-order valence-electron chi connectivity index (χ1n) is 17.5. The number of hydrogen-bond acceptors (Lipinski definition) is 4. The quantitative estimate of drug-likeness (QED) is 0.172. The highest BCUT2D eigenvalue weighted by atomic mass is 15.0. The van der Waals surface area contributed by atoms with Crippen LogP contribution in [0.3, 0.4) is 0 Å². The Morgan fingerprint density at radius 2 is 0.904 bits per heavy atom. The zero-order chi connectivity index (χ0) is 34.4. The van der Waals surface area contributed by atoms with Gasteiger partial charge in [-0.25, -0.2) is 15.0 Å². The van der Waals surface area contributed by atoms with Crippen molar-refractivity contribution in [1.29, 1.82) is 0 Å². The number of benzene rings is 8. The third-order valence-electron chi connectivity index (χ3n) is 9.93. The Morgan fingerprint density at radius 3 is 1.71 bits per heavy atom. The molecule has 0 atom stereocenters. The molecule has 0 bridgehead atoms. The minimum absolute atomic E-state index is 0.618. The maximum Gasteiger partial charge on any atom is 0.164 e. The fraction of sp³-hybridized carbons (Fsp3) is 0. The molecule has 0 saturated carbocycles. The molecule has 10 aromatic rings. The maximum atomic E-state index is 5.31. The summed E-state index contributed by atoms with van der Waals surface area (Å²) >= 11 is 0. The highest BCUT2D eigenvalue weighted by Crippen LogP contribution is 2.40. The van der Waals surface area contributed by atoms with Gasteiger partial charge in [0.15, 0.2) is 17.5 Å². The summed E-state index contributed by atoms with van der Waals surface area (Å²) in [6, 6.07) is 61.5. The van der Waals surface area contributed by atoms with E-state index in [1.54, 1.807) is 0 Å². The van der Waals surface area contributed by atoms with Gasteiger partial charge in [-0.05, 0) is 74.1 Å². The molecule has 0 aliphatic rings. The number of hydrogen-bond donors (Lipinski definition) is 0. The van der Waals surface area contributed by atoms with E-state index in [1.807, 2.05) is 36.5 Å². The topological polar surface area (TPSA) is 51.6 Å². The van der Waals surface area contributed by atoms with Gasteiger partial charge in [0, 0.05) is 39.0 Å². The Labute approximate surface area is 300 Å². The molecule has 0 spiro atoms. The van der Waals surface area contributed by atoms with Crippen molar-refractivity contribution in [3.05, 3.63) is 182 Å². The summed E-state index contributed by atoms with van der Waals surface area (Å²) < 4.78 is 0. The molecule has 2 heterocycles. The number of rotatable bonds is 5. The molecule has 0 radical (unpaired) electrons. The van der Waals surface area contributed by atoms with Gasteiger partial charge in [-0.15, -0.1) is 0 Å². The predicted molar refractivity (Wildman–Crippen MR) is 215 cm³/mol. The van der Waals surface area contributed by atoms with E-state index in [0.717, 1.165) is 66.0 Å². The van der Waals surface area contributed by atoms with Crippen LogP contribution in [0.25, 0.3) is 99.6 Å². The zero-order valence-corrected chi connectivity index (χ0v) is 28.1. The first-order chi connectivity index (χ1) is 25.8. The molecule has 0 aliphatic heterocycles. The Balaban J connectivity index is 1.22. The second-order valence-corrected chi connectivity index (χ2v) is 13.1. The van der Waals surface area contributed by atoms with Crippen molar-refractivity contribution in [3.8, 4) is 56.4 Å². The molecular formula is C48H30N4. The Bertz CT molecular complexity index is 2960. The van der Waals surface area contributed by atoms with Gasteiger partial charge in [-0.2, -0.15) is 0 Å². The molecule has 0 amide bonds. The molecule has 10 rings (SSSR count). The van der Waals surface area contributed by atoms with Crippen molar-refractivity contribution in [3.63, 3.8) is 0 Å². The third kappa shape index (κ3) is 5.17. The van der Waals surface area contributed by atoms with E-state index in [1.165, 1.54) is 16.2 Å². The molecule has 0 aliphatic carbocycles. The minimum atomic E-state index is 0.618. The maximum absolute atomic E-state index is 5.31. The van der Waals surface area contributed by atoms with Gasteiger partial charge in [0.2, 0.25) is 0 Å². The van der Waals surface area contributed by atoms with Gasteiger partial charge >= 0.3 is 0 Å². The monoisotopic (exact) mass is 662 g/mol. The van der Waals surface area contributed by atoms with Gasteiger partial charge in [0.25, 0.3) is 0 Å². The fourth-order valence-corrected chi connectivity index (χ4v) is 7.40. The minimum Gasteiger partial charge on any atom is -0.256 e. The van der Waals surface area contributed by atoms with Crippen LogP contribution in [0, 0.1) is 0 Å². The van der Waals surface area contributed by atoms with Crippen molar-refractivity contribution >= 4 is 43.2 Å². The van der Waals surface area contributed by atoms with Crippen molar-refractivity contribution in [2.45, 2.75) is 0 Å². The summed E-state index contributed by atoms with van der Waals surface area (Å²) in [5.74, 6) is 1.86. The summed E-state index contributed by atoms with van der Waals surface area (Å²) in [6.07, 6.45) is 1.97. The summed E-state index contributed by atoms with van der Waals surface area (Å²) in [5, 5.41) is 8.01. The lowest BCUT2D eigenvalue weighted by atomic mass is 9.93. The van der Waals surface area contributed by atoms with E-state index < -0.39 is 0 Å². The molecule has 2 aromatic heterocycles. The number of para-hydroxylation sites is 1. The van der Waals surface area contributed by atoms with Crippen molar-refractivity contribution in [2.75, 3.05) is 0 Å². The highest BCUT2D eigenvalue weighted by molar-refractivity contribution is 6.22. The van der Waals surface area contributed by atoms with Gasteiger partial charge in [-0.3, -0.25) is 4.98 Å². The highest BCUT2D eigenvalue weighted by Gasteiger charge is 2.19. The smallest absolute Gasteiger partial charge is 0.164 e. The normalized spacial score (nSPS) is 11.5. The van der Waals surface area contributed by atoms with E-state index in [9.17, 15) is 0 Å². The lowest BCUT2D eigenvalue weighted by Gasteiger charge is -2.15. The first kappa shape index (κ1) is 29.8. The molecule has 0 N–H and O–H groups in total. The standard InChI is InChI=1S/C48H30N4/c1-3-14-32(15-4-1)42-28-36(35-24-23-31-13-7-8-18-34(31)27-35)25-26-40(42)47-50-46(33-16-5-2-6-17-33)51-48(52-47)43-29-37-30-49-44-22-12-11-21-41(44)45(37)39-20-10-9-19-38(39)43/h1-30H. The van der Waals surface area contributed by atoms with Crippen molar-refractivity contribution < 1.29 is 0 Å². The van der Waals surface area contributed by atoms with Crippen LogP contribution in [0.15, 0.2) is 182 Å².